The highest BCUT2D eigenvalue weighted by molar-refractivity contribution is 7.89. The maximum Gasteiger partial charge on any atom is 0.264 e. The smallest absolute Gasteiger partial charge is 0.264 e. The van der Waals surface area contributed by atoms with Crippen LogP contribution in [0.4, 0.5) is 4.39 Å². The van der Waals surface area contributed by atoms with Gasteiger partial charge in [-0.15, -0.1) is 5.10 Å². The fourth-order valence-electron chi connectivity index (χ4n) is 5.20. The van der Waals surface area contributed by atoms with Gasteiger partial charge in [-0.05, 0) is 67.3 Å². The monoisotopic (exact) mass is 525 g/mol. The third-order valence-corrected chi connectivity index (χ3v) is 8.65. The standard InChI is InChI=1S/C26H32FN7O2S/c1-17(2)14-33-19(4)15-32(37(35,36)26-13-28-31(5)30-26)16-25(33)23-11-20-12-29-34(24(20)10-18(23)3)22-8-6-21(27)7-9-22/h6-13,17,19,25H,14-16H2,1-5H3/t19-,25-/m0/s1. The van der Waals surface area contributed by atoms with Gasteiger partial charge in [0.05, 0.1) is 23.6 Å². The van der Waals surface area contributed by atoms with Crippen molar-refractivity contribution in [3.8, 4) is 5.69 Å². The van der Waals surface area contributed by atoms with Crippen LogP contribution in [0.25, 0.3) is 16.6 Å². The highest BCUT2D eigenvalue weighted by Gasteiger charge is 2.40. The van der Waals surface area contributed by atoms with Crippen LogP contribution in [-0.2, 0) is 17.1 Å². The lowest BCUT2D eigenvalue weighted by molar-refractivity contribution is 0.0559. The average molecular weight is 526 g/mol. The van der Waals surface area contributed by atoms with Crippen LogP contribution in [0.5, 0.6) is 0 Å². The first-order chi connectivity index (χ1) is 17.5. The second-order valence-electron chi connectivity index (χ2n) is 10.3. The molecule has 2 atom stereocenters. The van der Waals surface area contributed by atoms with Crippen molar-refractivity contribution >= 4 is 20.9 Å². The minimum Gasteiger partial charge on any atom is -0.291 e. The van der Waals surface area contributed by atoms with E-state index in [9.17, 15) is 12.8 Å². The fourth-order valence-corrected chi connectivity index (χ4v) is 6.62. The number of aryl methyl sites for hydroxylation is 2. The number of aromatic nitrogens is 5. The minimum absolute atomic E-state index is 0.00429. The average Bonchev–Trinajstić information content (AvgIpc) is 3.46. The molecule has 0 N–H and O–H groups in total. The Morgan fingerprint density at radius 1 is 1.08 bits per heavy atom. The van der Waals surface area contributed by atoms with Crippen LogP contribution in [0.2, 0.25) is 0 Å². The summed E-state index contributed by atoms with van der Waals surface area (Å²) in [6.07, 6.45) is 3.10. The lowest BCUT2D eigenvalue weighted by atomic mass is 9.94. The van der Waals surface area contributed by atoms with Crippen molar-refractivity contribution in [1.82, 2.24) is 34.0 Å². The van der Waals surface area contributed by atoms with Gasteiger partial charge in [0.25, 0.3) is 10.0 Å². The van der Waals surface area contributed by atoms with E-state index in [0.29, 0.717) is 19.0 Å². The SMILES string of the molecule is Cc1cc2c(cnn2-c2ccc(F)cc2)cc1[C@@H]1CN(S(=O)(=O)c2cnn(C)n2)C[C@H](C)N1CC(C)C. The number of halogens is 1. The maximum atomic E-state index is 13.5. The largest absolute Gasteiger partial charge is 0.291 e. The Labute approximate surface area is 216 Å². The Kier molecular flexibility index (Phi) is 6.63. The molecule has 11 heteroatoms. The third kappa shape index (κ3) is 4.78. The van der Waals surface area contributed by atoms with Gasteiger partial charge in [-0.2, -0.15) is 19.3 Å². The summed E-state index contributed by atoms with van der Waals surface area (Å²) < 4.78 is 43.8. The van der Waals surface area contributed by atoms with E-state index >= 15 is 0 Å². The molecule has 9 nitrogen and oxygen atoms in total. The summed E-state index contributed by atoms with van der Waals surface area (Å²) >= 11 is 0. The molecule has 2 aromatic carbocycles. The number of benzene rings is 2. The molecule has 1 aliphatic heterocycles. The number of rotatable bonds is 6. The van der Waals surface area contributed by atoms with E-state index in [4.69, 9.17) is 0 Å². The van der Waals surface area contributed by atoms with E-state index in [1.165, 1.54) is 27.4 Å². The number of piperazine rings is 1. The summed E-state index contributed by atoms with van der Waals surface area (Å²) in [7, 11) is -2.19. The molecule has 0 aliphatic carbocycles. The molecule has 0 spiro atoms. The molecular formula is C26H32FN7O2S. The van der Waals surface area contributed by atoms with Crippen LogP contribution in [0.1, 0.15) is 37.9 Å². The van der Waals surface area contributed by atoms with Crippen LogP contribution in [-0.4, -0.2) is 68.1 Å². The molecule has 3 heterocycles. The van der Waals surface area contributed by atoms with Gasteiger partial charge in [-0.25, -0.2) is 17.5 Å². The van der Waals surface area contributed by atoms with E-state index < -0.39 is 10.0 Å². The summed E-state index contributed by atoms with van der Waals surface area (Å²) in [6, 6.07) is 10.3. The van der Waals surface area contributed by atoms with E-state index in [1.54, 1.807) is 30.1 Å². The van der Waals surface area contributed by atoms with Crippen LogP contribution in [0.3, 0.4) is 0 Å². The predicted octanol–water partition coefficient (Wildman–Crippen LogP) is 3.69. The first-order valence-electron chi connectivity index (χ1n) is 12.4. The molecule has 4 aromatic rings. The number of fused-ring (bicyclic) bond motifs is 1. The Hall–Kier alpha value is -3.15. The van der Waals surface area contributed by atoms with Crippen molar-refractivity contribution < 1.29 is 12.8 Å². The highest BCUT2D eigenvalue weighted by atomic mass is 32.2. The molecular weight excluding hydrogens is 493 g/mol. The van der Waals surface area contributed by atoms with E-state index in [2.05, 4.69) is 53.1 Å². The van der Waals surface area contributed by atoms with Gasteiger partial charge in [0.2, 0.25) is 5.03 Å². The normalized spacial score (nSPS) is 19.8. The summed E-state index contributed by atoms with van der Waals surface area (Å²) in [5.74, 6) is 0.120. The zero-order chi connectivity index (χ0) is 26.5. The van der Waals surface area contributed by atoms with Gasteiger partial charge in [-0.3, -0.25) is 4.90 Å². The van der Waals surface area contributed by atoms with Gasteiger partial charge in [0, 0.05) is 44.2 Å². The second-order valence-corrected chi connectivity index (χ2v) is 12.1. The van der Waals surface area contributed by atoms with Gasteiger partial charge in [0.1, 0.15) is 5.82 Å². The third-order valence-electron chi connectivity index (χ3n) is 6.96. The molecule has 1 saturated heterocycles. The molecule has 37 heavy (non-hydrogen) atoms. The molecule has 0 unspecified atom stereocenters. The predicted molar refractivity (Wildman–Crippen MR) is 139 cm³/mol. The first-order valence-corrected chi connectivity index (χ1v) is 13.8. The Morgan fingerprint density at radius 2 is 1.81 bits per heavy atom. The quantitative estimate of drug-likeness (QED) is 0.382. The van der Waals surface area contributed by atoms with Gasteiger partial charge in [0.15, 0.2) is 0 Å². The summed E-state index contributed by atoms with van der Waals surface area (Å²) in [4.78, 5) is 3.67. The Morgan fingerprint density at radius 3 is 2.46 bits per heavy atom. The zero-order valence-electron chi connectivity index (χ0n) is 21.7. The van der Waals surface area contributed by atoms with Crippen LogP contribution < -0.4 is 0 Å². The molecule has 196 valence electrons. The van der Waals surface area contributed by atoms with Gasteiger partial charge >= 0.3 is 0 Å². The van der Waals surface area contributed by atoms with Crippen molar-refractivity contribution in [3.05, 3.63) is 65.7 Å². The maximum absolute atomic E-state index is 13.5. The van der Waals surface area contributed by atoms with Crippen LogP contribution in [0.15, 0.2) is 53.8 Å². The van der Waals surface area contributed by atoms with Gasteiger partial charge in [-0.1, -0.05) is 13.8 Å². The number of hydrogen-bond donors (Lipinski definition) is 0. The molecule has 5 rings (SSSR count). The topological polar surface area (TPSA) is 89.2 Å². The molecule has 1 aliphatic rings. The molecule has 1 fully saturated rings. The molecule has 0 radical (unpaired) electrons. The number of nitrogens with zero attached hydrogens (tertiary/aromatic N) is 7. The number of sulfonamides is 1. The Balaban J connectivity index is 1.56. The van der Waals surface area contributed by atoms with Crippen LogP contribution in [0, 0.1) is 18.7 Å². The van der Waals surface area contributed by atoms with Crippen molar-refractivity contribution in [1.29, 1.82) is 0 Å². The highest BCUT2D eigenvalue weighted by Crippen LogP contribution is 2.35. The van der Waals surface area contributed by atoms with Gasteiger partial charge < -0.3 is 0 Å². The molecule has 0 saturated carbocycles. The molecule has 2 aromatic heterocycles. The molecule has 0 amide bonds. The van der Waals surface area contributed by atoms with Crippen molar-refractivity contribution in [2.24, 2.45) is 13.0 Å². The minimum atomic E-state index is -3.79. The Bertz CT molecular complexity index is 1530. The fraction of sp³-hybridized carbons (Fsp3) is 0.423. The van der Waals surface area contributed by atoms with E-state index in [0.717, 1.165) is 34.3 Å². The lowest BCUT2D eigenvalue weighted by Gasteiger charge is -2.46. The summed E-state index contributed by atoms with van der Waals surface area (Å²) in [5, 5.41) is 13.5. The summed E-state index contributed by atoms with van der Waals surface area (Å²) in [5.41, 5.74) is 3.80. The van der Waals surface area contributed by atoms with Crippen molar-refractivity contribution in [2.75, 3.05) is 19.6 Å². The first kappa shape index (κ1) is 25.5. The lowest BCUT2D eigenvalue weighted by Crippen LogP contribution is -2.55. The zero-order valence-corrected chi connectivity index (χ0v) is 22.5. The molecule has 0 bridgehead atoms. The summed E-state index contributed by atoms with van der Waals surface area (Å²) in [6.45, 7) is 10.0. The second kappa shape index (κ2) is 9.62. The van der Waals surface area contributed by atoms with Crippen molar-refractivity contribution in [3.63, 3.8) is 0 Å². The van der Waals surface area contributed by atoms with E-state index in [-0.39, 0.29) is 22.9 Å². The van der Waals surface area contributed by atoms with Crippen molar-refractivity contribution in [2.45, 2.75) is 44.8 Å². The van der Waals surface area contributed by atoms with E-state index in [1.807, 2.05) is 6.92 Å². The number of hydrogen-bond acceptors (Lipinski definition) is 6. The van der Waals surface area contributed by atoms with Crippen LogP contribution >= 0.6 is 0 Å².